The number of aryl methyl sites for hydroxylation is 1. The first-order chi connectivity index (χ1) is 12.3. The minimum Gasteiger partial charge on any atom is -0.457 e. The molecule has 0 aliphatic carbocycles. The summed E-state index contributed by atoms with van der Waals surface area (Å²) in [4.78, 5) is 11.1. The number of rotatable bonds is 4. The first kappa shape index (κ1) is 17.7. The molecule has 0 bridgehead atoms. The number of nitrogens with zero attached hydrogens (tertiary/aromatic N) is 1. The van der Waals surface area contributed by atoms with Gasteiger partial charge in [-0.15, -0.1) is 0 Å². The molecule has 0 unspecified atom stereocenters. The molecule has 0 aliphatic heterocycles. The zero-order chi connectivity index (χ0) is 18.7. The van der Waals surface area contributed by atoms with E-state index in [2.05, 4.69) is 10.2 Å². The number of hydrogen-bond donors (Lipinski definition) is 1. The number of ether oxygens (including phenoxy) is 1. The minimum absolute atomic E-state index is 0.113. The van der Waals surface area contributed by atoms with Crippen LogP contribution >= 0.6 is 0 Å². The van der Waals surface area contributed by atoms with Crippen LogP contribution in [0.1, 0.15) is 22.4 Å². The van der Waals surface area contributed by atoms with Gasteiger partial charge in [-0.1, -0.05) is 18.2 Å². The smallest absolute Gasteiger partial charge is 0.416 e. The van der Waals surface area contributed by atoms with Crippen molar-refractivity contribution in [2.45, 2.75) is 19.5 Å². The number of aromatic nitrogens is 2. The van der Waals surface area contributed by atoms with Crippen molar-refractivity contribution in [3.63, 3.8) is 0 Å². The third-order valence-corrected chi connectivity index (χ3v) is 3.76. The van der Waals surface area contributed by atoms with Crippen LogP contribution in [-0.2, 0) is 12.6 Å². The van der Waals surface area contributed by atoms with Gasteiger partial charge in [0.25, 0.3) is 5.56 Å². The molecule has 3 aromatic rings. The van der Waals surface area contributed by atoms with E-state index in [1.165, 1.54) is 18.2 Å². The maximum absolute atomic E-state index is 12.8. The van der Waals surface area contributed by atoms with E-state index in [0.29, 0.717) is 17.9 Å². The fourth-order valence-electron chi connectivity index (χ4n) is 2.41. The summed E-state index contributed by atoms with van der Waals surface area (Å²) >= 11 is 0. The van der Waals surface area contributed by atoms with Gasteiger partial charge < -0.3 is 4.74 Å². The Kier molecular flexibility index (Phi) is 4.79. The van der Waals surface area contributed by atoms with E-state index in [-0.39, 0.29) is 11.3 Å². The number of H-pyrrole nitrogens is 1. The Hall–Kier alpha value is -3.09. The van der Waals surface area contributed by atoms with Crippen LogP contribution in [0.5, 0.6) is 11.5 Å². The highest BCUT2D eigenvalue weighted by atomic mass is 19.4. The molecule has 0 spiro atoms. The quantitative estimate of drug-likeness (QED) is 0.746. The van der Waals surface area contributed by atoms with Crippen LogP contribution in [0.15, 0.2) is 59.4 Å². The van der Waals surface area contributed by atoms with Crippen molar-refractivity contribution in [1.82, 2.24) is 10.2 Å². The lowest BCUT2D eigenvalue weighted by Gasteiger charge is -2.13. The van der Waals surface area contributed by atoms with Gasteiger partial charge in [-0.25, -0.2) is 5.10 Å². The molecular weight excluding hydrogens is 345 g/mol. The summed E-state index contributed by atoms with van der Waals surface area (Å²) in [7, 11) is 0. The summed E-state index contributed by atoms with van der Waals surface area (Å²) < 4.78 is 44.2. The van der Waals surface area contributed by atoms with Crippen molar-refractivity contribution < 1.29 is 17.9 Å². The monoisotopic (exact) mass is 360 g/mol. The van der Waals surface area contributed by atoms with Gasteiger partial charge in [0, 0.05) is 12.5 Å². The highest BCUT2D eigenvalue weighted by molar-refractivity contribution is 5.42. The average Bonchev–Trinajstić information content (AvgIpc) is 2.59. The summed E-state index contributed by atoms with van der Waals surface area (Å²) in [5.41, 5.74) is 1.27. The number of nitrogens with one attached hydrogen (secondary N) is 1. The van der Waals surface area contributed by atoms with Crippen molar-refractivity contribution in [1.29, 1.82) is 0 Å². The maximum Gasteiger partial charge on any atom is 0.416 e. The molecule has 0 fully saturated rings. The van der Waals surface area contributed by atoms with E-state index in [1.807, 2.05) is 19.1 Å². The molecule has 0 atom stereocenters. The van der Waals surface area contributed by atoms with E-state index in [9.17, 15) is 18.0 Å². The first-order valence-electron chi connectivity index (χ1n) is 7.80. The molecule has 0 amide bonds. The van der Waals surface area contributed by atoms with Crippen LogP contribution in [0.4, 0.5) is 13.2 Å². The molecule has 1 heterocycles. The van der Waals surface area contributed by atoms with Crippen LogP contribution < -0.4 is 10.3 Å². The van der Waals surface area contributed by atoms with Crippen molar-refractivity contribution in [3.05, 3.63) is 87.3 Å². The molecule has 3 rings (SSSR count). The zero-order valence-electron chi connectivity index (χ0n) is 13.8. The topological polar surface area (TPSA) is 55.0 Å². The van der Waals surface area contributed by atoms with Crippen LogP contribution in [0.3, 0.4) is 0 Å². The summed E-state index contributed by atoms with van der Waals surface area (Å²) in [6, 6.07) is 13.2. The molecule has 7 heteroatoms. The largest absolute Gasteiger partial charge is 0.457 e. The van der Waals surface area contributed by atoms with Gasteiger partial charge in [0.1, 0.15) is 11.5 Å². The summed E-state index contributed by atoms with van der Waals surface area (Å²) in [6.45, 7) is 1.81. The molecular formula is C19H15F3N2O2. The number of halogens is 3. The standard InChI is InChI=1S/C19H15F3N2O2/c1-12-5-6-13(9-15-7-8-18(25)24-23-15)10-17(12)26-16-4-2-3-14(11-16)19(20,21)22/h2-8,10-11H,9H2,1H3,(H,24,25). The number of aromatic amines is 1. The molecule has 0 saturated heterocycles. The highest BCUT2D eigenvalue weighted by Gasteiger charge is 2.30. The van der Waals surface area contributed by atoms with Crippen molar-refractivity contribution >= 4 is 0 Å². The Labute approximate surface area is 147 Å². The second kappa shape index (κ2) is 7.03. The molecule has 0 radical (unpaired) electrons. The highest BCUT2D eigenvalue weighted by Crippen LogP contribution is 2.33. The van der Waals surface area contributed by atoms with Crippen molar-refractivity contribution in [3.8, 4) is 11.5 Å². The summed E-state index contributed by atoms with van der Waals surface area (Å²) in [6.07, 6.45) is -3.97. The predicted octanol–water partition coefficient (Wildman–Crippen LogP) is 4.48. The molecule has 0 aliphatic rings. The fraction of sp³-hybridized carbons (Fsp3) is 0.158. The number of alkyl halides is 3. The van der Waals surface area contributed by atoms with Gasteiger partial charge in [-0.3, -0.25) is 4.79 Å². The summed E-state index contributed by atoms with van der Waals surface area (Å²) in [5.74, 6) is 0.577. The lowest BCUT2D eigenvalue weighted by atomic mass is 10.1. The van der Waals surface area contributed by atoms with Crippen LogP contribution in [-0.4, -0.2) is 10.2 Å². The lowest BCUT2D eigenvalue weighted by molar-refractivity contribution is -0.137. The number of hydrogen-bond acceptors (Lipinski definition) is 3. The molecule has 2 aromatic carbocycles. The van der Waals surface area contributed by atoms with E-state index < -0.39 is 11.7 Å². The van der Waals surface area contributed by atoms with Crippen molar-refractivity contribution in [2.75, 3.05) is 0 Å². The Morgan fingerprint density at radius 3 is 2.58 bits per heavy atom. The van der Waals surface area contributed by atoms with E-state index in [1.54, 1.807) is 12.1 Å². The van der Waals surface area contributed by atoms with Gasteiger partial charge in [0.2, 0.25) is 0 Å². The molecule has 4 nitrogen and oxygen atoms in total. The number of benzene rings is 2. The Bertz CT molecular complexity index is 961. The fourth-order valence-corrected chi connectivity index (χ4v) is 2.41. The van der Waals surface area contributed by atoms with Crippen molar-refractivity contribution in [2.24, 2.45) is 0 Å². The molecule has 1 N–H and O–H groups in total. The van der Waals surface area contributed by atoms with Gasteiger partial charge in [-0.05, 0) is 48.4 Å². The Morgan fingerprint density at radius 1 is 1.08 bits per heavy atom. The van der Waals surface area contributed by atoms with E-state index >= 15 is 0 Å². The third-order valence-electron chi connectivity index (χ3n) is 3.76. The maximum atomic E-state index is 12.8. The van der Waals surface area contributed by atoms with E-state index in [0.717, 1.165) is 23.3 Å². The van der Waals surface area contributed by atoms with Crippen LogP contribution in [0.25, 0.3) is 0 Å². The lowest BCUT2D eigenvalue weighted by Crippen LogP contribution is -2.07. The SMILES string of the molecule is Cc1ccc(Cc2ccc(=O)[nH]n2)cc1Oc1cccc(C(F)(F)F)c1. The van der Waals surface area contributed by atoms with Gasteiger partial charge in [-0.2, -0.15) is 18.3 Å². The Morgan fingerprint density at radius 2 is 1.88 bits per heavy atom. The zero-order valence-corrected chi connectivity index (χ0v) is 13.8. The van der Waals surface area contributed by atoms with Gasteiger partial charge in [0.05, 0.1) is 11.3 Å². The van der Waals surface area contributed by atoms with Crippen LogP contribution in [0, 0.1) is 6.92 Å². The van der Waals surface area contributed by atoms with E-state index in [4.69, 9.17) is 4.74 Å². The molecule has 1 aromatic heterocycles. The third kappa shape index (κ3) is 4.30. The average molecular weight is 360 g/mol. The molecule has 26 heavy (non-hydrogen) atoms. The second-order valence-electron chi connectivity index (χ2n) is 5.82. The first-order valence-corrected chi connectivity index (χ1v) is 7.80. The normalized spacial score (nSPS) is 11.4. The second-order valence-corrected chi connectivity index (χ2v) is 5.82. The Balaban J connectivity index is 1.84. The predicted molar refractivity (Wildman–Crippen MR) is 90.4 cm³/mol. The molecule has 134 valence electrons. The van der Waals surface area contributed by atoms with Gasteiger partial charge in [0.15, 0.2) is 0 Å². The summed E-state index contributed by atoms with van der Waals surface area (Å²) in [5, 5.41) is 6.31. The minimum atomic E-state index is -4.42. The molecule has 0 saturated carbocycles. The van der Waals surface area contributed by atoms with Gasteiger partial charge >= 0.3 is 6.18 Å². The van der Waals surface area contributed by atoms with Crippen LogP contribution in [0.2, 0.25) is 0 Å².